The molecule has 2 aliphatic heterocycles. The molecule has 136 valence electrons. The molecule has 0 unspecified atom stereocenters. The molecule has 0 aromatic carbocycles. The Morgan fingerprint density at radius 1 is 1.31 bits per heavy atom. The second-order valence-corrected chi connectivity index (χ2v) is 10.2. The predicted octanol–water partition coefficient (Wildman–Crippen LogP) is 3.55. The summed E-state index contributed by atoms with van der Waals surface area (Å²) in [5, 5.41) is 0. The van der Waals surface area contributed by atoms with Crippen molar-refractivity contribution in [3.63, 3.8) is 0 Å². The van der Waals surface area contributed by atoms with E-state index < -0.39 is 0 Å². The van der Waals surface area contributed by atoms with E-state index in [4.69, 9.17) is 4.74 Å². The number of rotatable bonds is 4. The lowest BCUT2D eigenvalue weighted by Crippen LogP contribution is -2.60. The second-order valence-electron chi connectivity index (χ2n) is 7.56. The SMILES string of the molecule is O=C(c1cc2c(s1)CCC2)N1CC2(C[C@H](OCc3ccncc3)CS2)C1. The van der Waals surface area contributed by atoms with Crippen molar-refractivity contribution in [2.75, 3.05) is 18.8 Å². The highest BCUT2D eigenvalue weighted by atomic mass is 32.2. The van der Waals surface area contributed by atoms with Crippen LogP contribution >= 0.6 is 23.1 Å². The first kappa shape index (κ1) is 16.8. The third-order valence-electron chi connectivity index (χ3n) is 5.61. The van der Waals surface area contributed by atoms with Crippen molar-refractivity contribution in [3.8, 4) is 0 Å². The number of thioether (sulfide) groups is 1. The van der Waals surface area contributed by atoms with Gasteiger partial charge in [-0.3, -0.25) is 9.78 Å². The topological polar surface area (TPSA) is 42.4 Å². The Balaban J connectivity index is 1.14. The summed E-state index contributed by atoms with van der Waals surface area (Å²) in [6.45, 7) is 2.38. The van der Waals surface area contributed by atoms with Crippen molar-refractivity contribution in [1.29, 1.82) is 0 Å². The zero-order valence-electron chi connectivity index (χ0n) is 14.6. The first-order chi connectivity index (χ1) is 12.7. The average Bonchev–Trinajstić information content (AvgIpc) is 3.33. The van der Waals surface area contributed by atoms with E-state index >= 15 is 0 Å². The Kier molecular flexibility index (Phi) is 4.30. The van der Waals surface area contributed by atoms with E-state index in [1.54, 1.807) is 23.7 Å². The fraction of sp³-hybridized carbons (Fsp3) is 0.500. The van der Waals surface area contributed by atoms with Crippen LogP contribution in [0, 0.1) is 0 Å². The number of amides is 1. The number of aryl methyl sites for hydroxylation is 2. The number of thiophene rings is 1. The van der Waals surface area contributed by atoms with Crippen molar-refractivity contribution in [2.24, 2.45) is 0 Å². The largest absolute Gasteiger partial charge is 0.373 e. The summed E-state index contributed by atoms with van der Waals surface area (Å²) in [5.41, 5.74) is 2.58. The fourth-order valence-corrected chi connectivity index (χ4v) is 6.98. The lowest BCUT2D eigenvalue weighted by atomic mass is 9.92. The molecule has 1 atom stereocenters. The number of hydrogen-bond acceptors (Lipinski definition) is 5. The molecule has 1 spiro atoms. The number of hydrogen-bond donors (Lipinski definition) is 0. The van der Waals surface area contributed by atoms with E-state index in [1.165, 1.54) is 22.4 Å². The predicted molar refractivity (Wildman–Crippen MR) is 105 cm³/mol. The van der Waals surface area contributed by atoms with Gasteiger partial charge in [0.1, 0.15) is 0 Å². The van der Waals surface area contributed by atoms with E-state index in [0.29, 0.717) is 6.61 Å². The van der Waals surface area contributed by atoms with Gasteiger partial charge < -0.3 is 9.64 Å². The van der Waals surface area contributed by atoms with Crippen molar-refractivity contribution >= 4 is 29.0 Å². The fourth-order valence-electron chi connectivity index (χ4n) is 4.21. The number of carbonyl (C=O) groups excluding carboxylic acids is 1. The maximum absolute atomic E-state index is 12.8. The molecule has 0 saturated carbocycles. The van der Waals surface area contributed by atoms with E-state index in [2.05, 4.69) is 11.1 Å². The van der Waals surface area contributed by atoms with Gasteiger partial charge in [0.05, 0.1) is 22.3 Å². The third kappa shape index (κ3) is 3.08. The molecule has 0 radical (unpaired) electrons. The van der Waals surface area contributed by atoms with E-state index in [1.807, 2.05) is 28.8 Å². The van der Waals surface area contributed by atoms with Gasteiger partial charge in [-0.05, 0) is 55.0 Å². The van der Waals surface area contributed by atoms with Gasteiger partial charge in [-0.15, -0.1) is 23.1 Å². The molecule has 5 rings (SSSR count). The number of carbonyl (C=O) groups is 1. The minimum absolute atomic E-state index is 0.221. The Morgan fingerprint density at radius 3 is 2.96 bits per heavy atom. The van der Waals surface area contributed by atoms with Gasteiger partial charge in [-0.25, -0.2) is 0 Å². The Hall–Kier alpha value is -1.37. The zero-order valence-corrected chi connectivity index (χ0v) is 16.3. The molecule has 3 aliphatic rings. The standard InChI is InChI=1S/C20H22N2O2S2/c23-19(18-8-15-2-1-3-17(15)26-18)22-12-20(13-22)9-16(11-25-20)24-10-14-4-6-21-7-5-14/h4-8,16H,1-3,9-13H2/t16-/m0/s1. The molecule has 1 aliphatic carbocycles. The van der Waals surface area contributed by atoms with E-state index in [9.17, 15) is 4.79 Å². The second kappa shape index (κ2) is 6.66. The van der Waals surface area contributed by atoms with Crippen LogP contribution in [0.2, 0.25) is 0 Å². The van der Waals surface area contributed by atoms with Crippen molar-refractivity contribution in [2.45, 2.75) is 43.1 Å². The van der Waals surface area contributed by atoms with Crippen LogP contribution in [-0.4, -0.2) is 45.5 Å². The molecule has 6 heteroatoms. The van der Waals surface area contributed by atoms with Gasteiger partial charge in [-0.1, -0.05) is 0 Å². The van der Waals surface area contributed by atoms with Crippen LogP contribution in [0.1, 0.15) is 38.5 Å². The van der Waals surface area contributed by atoms with Crippen LogP contribution in [-0.2, 0) is 24.2 Å². The molecule has 1 amide bonds. The molecular weight excluding hydrogens is 364 g/mol. The summed E-state index contributed by atoms with van der Waals surface area (Å²) in [5.74, 6) is 1.26. The molecule has 2 saturated heterocycles. The van der Waals surface area contributed by atoms with E-state index in [0.717, 1.165) is 43.0 Å². The van der Waals surface area contributed by atoms with Crippen LogP contribution in [0.4, 0.5) is 0 Å². The summed E-state index contributed by atoms with van der Waals surface area (Å²) >= 11 is 3.70. The minimum atomic E-state index is 0.221. The highest BCUT2D eigenvalue weighted by Crippen LogP contribution is 2.47. The lowest BCUT2D eigenvalue weighted by Gasteiger charge is -2.47. The van der Waals surface area contributed by atoms with Crippen LogP contribution in [0.25, 0.3) is 0 Å². The number of aromatic nitrogens is 1. The Labute approximate surface area is 162 Å². The molecule has 2 aromatic heterocycles. The van der Waals surface area contributed by atoms with Gasteiger partial charge in [-0.2, -0.15) is 0 Å². The zero-order chi connectivity index (χ0) is 17.6. The van der Waals surface area contributed by atoms with E-state index in [-0.39, 0.29) is 16.8 Å². The Bertz CT molecular complexity index is 793. The summed E-state index contributed by atoms with van der Waals surface area (Å²) in [7, 11) is 0. The van der Waals surface area contributed by atoms with Crippen LogP contribution in [0.3, 0.4) is 0 Å². The molecule has 0 bridgehead atoms. The van der Waals surface area contributed by atoms with Crippen LogP contribution in [0.5, 0.6) is 0 Å². The molecular formula is C20H22N2O2S2. The number of likely N-dealkylation sites (tertiary alicyclic amines) is 1. The molecule has 26 heavy (non-hydrogen) atoms. The lowest BCUT2D eigenvalue weighted by molar-refractivity contribution is 0.0257. The molecule has 0 N–H and O–H groups in total. The number of pyridine rings is 1. The monoisotopic (exact) mass is 386 g/mol. The molecule has 4 heterocycles. The first-order valence-electron chi connectivity index (χ1n) is 9.26. The maximum atomic E-state index is 12.8. The van der Waals surface area contributed by atoms with Crippen molar-refractivity contribution in [3.05, 3.63) is 51.5 Å². The van der Waals surface area contributed by atoms with Gasteiger partial charge in [0.25, 0.3) is 5.91 Å². The highest BCUT2D eigenvalue weighted by molar-refractivity contribution is 8.01. The summed E-state index contributed by atoms with van der Waals surface area (Å²) in [4.78, 5) is 21.2. The summed E-state index contributed by atoms with van der Waals surface area (Å²) < 4.78 is 6.31. The van der Waals surface area contributed by atoms with Crippen molar-refractivity contribution < 1.29 is 9.53 Å². The average molecular weight is 387 g/mol. The number of fused-ring (bicyclic) bond motifs is 1. The van der Waals surface area contributed by atoms with Crippen LogP contribution in [0.15, 0.2) is 30.6 Å². The van der Waals surface area contributed by atoms with Gasteiger partial charge in [0.15, 0.2) is 0 Å². The summed E-state index contributed by atoms with van der Waals surface area (Å²) in [6, 6.07) is 6.14. The molecule has 2 fully saturated rings. The van der Waals surface area contributed by atoms with Crippen molar-refractivity contribution in [1.82, 2.24) is 9.88 Å². The molecule has 2 aromatic rings. The summed E-state index contributed by atoms with van der Waals surface area (Å²) in [6.07, 6.45) is 8.50. The van der Waals surface area contributed by atoms with Gasteiger partial charge >= 0.3 is 0 Å². The minimum Gasteiger partial charge on any atom is -0.373 e. The normalized spacial score (nSPS) is 23.2. The third-order valence-corrected chi connectivity index (χ3v) is 8.41. The molecule has 4 nitrogen and oxygen atoms in total. The number of ether oxygens (including phenoxy) is 1. The highest BCUT2D eigenvalue weighted by Gasteiger charge is 2.51. The Morgan fingerprint density at radius 2 is 2.15 bits per heavy atom. The van der Waals surface area contributed by atoms with Gasteiger partial charge in [0, 0.05) is 36.1 Å². The first-order valence-corrected chi connectivity index (χ1v) is 11.1. The quantitative estimate of drug-likeness (QED) is 0.806. The number of nitrogens with zero attached hydrogens (tertiary/aromatic N) is 2. The van der Waals surface area contributed by atoms with Crippen LogP contribution < -0.4 is 0 Å². The smallest absolute Gasteiger partial charge is 0.264 e. The maximum Gasteiger partial charge on any atom is 0.264 e. The van der Waals surface area contributed by atoms with Gasteiger partial charge in [0.2, 0.25) is 0 Å².